The maximum atomic E-state index is 11.7. The third-order valence-corrected chi connectivity index (χ3v) is 4.19. The summed E-state index contributed by atoms with van der Waals surface area (Å²) in [6.45, 7) is 1.08. The maximum absolute atomic E-state index is 11.7. The van der Waals surface area contributed by atoms with Crippen LogP contribution in [0.25, 0.3) is 0 Å². The molecule has 0 aliphatic carbocycles. The lowest BCUT2D eigenvalue weighted by molar-refractivity contribution is -0.136. The number of benzene rings is 1. The molecule has 0 radical (unpaired) electrons. The Morgan fingerprint density at radius 1 is 1.50 bits per heavy atom. The molecule has 0 amide bonds. The fraction of sp³-hybridized carbons (Fsp3) is 0.300. The summed E-state index contributed by atoms with van der Waals surface area (Å²) in [6.07, 6.45) is 0. The smallest absolute Gasteiger partial charge is 0.323 e. The van der Waals surface area contributed by atoms with Crippen molar-refractivity contribution in [2.24, 2.45) is 0 Å². The molecule has 100 valence electrons. The van der Waals surface area contributed by atoms with Crippen LogP contribution in [0, 0.1) is 0 Å². The van der Waals surface area contributed by atoms with Crippen molar-refractivity contribution in [3.8, 4) is 5.75 Å². The van der Waals surface area contributed by atoms with Crippen molar-refractivity contribution >= 4 is 33.3 Å². The third kappa shape index (κ3) is 3.27. The van der Waals surface area contributed by atoms with Gasteiger partial charge in [-0.1, -0.05) is 11.6 Å². The van der Waals surface area contributed by atoms with Crippen LogP contribution < -0.4 is 9.46 Å². The van der Waals surface area contributed by atoms with Crippen molar-refractivity contribution in [2.75, 3.05) is 11.8 Å². The summed E-state index contributed by atoms with van der Waals surface area (Å²) in [6, 6.07) is 4.23. The van der Waals surface area contributed by atoms with E-state index in [2.05, 4.69) is 4.72 Å². The van der Waals surface area contributed by atoms with Gasteiger partial charge in [0.2, 0.25) is 10.0 Å². The van der Waals surface area contributed by atoms with Crippen molar-refractivity contribution in [1.82, 2.24) is 0 Å². The zero-order valence-electron chi connectivity index (χ0n) is 9.68. The Labute approximate surface area is 110 Å². The number of methoxy groups -OCH3 is 1. The summed E-state index contributed by atoms with van der Waals surface area (Å²) < 4.78 is 30.4. The molecule has 0 aromatic heterocycles. The van der Waals surface area contributed by atoms with Gasteiger partial charge in [-0.15, -0.1) is 0 Å². The van der Waals surface area contributed by atoms with E-state index in [0.717, 1.165) is 6.92 Å². The molecule has 1 unspecified atom stereocenters. The van der Waals surface area contributed by atoms with Crippen LogP contribution in [0.1, 0.15) is 6.92 Å². The average molecular weight is 294 g/mol. The first-order valence-electron chi connectivity index (χ1n) is 4.86. The van der Waals surface area contributed by atoms with Gasteiger partial charge in [-0.3, -0.25) is 9.52 Å². The first-order valence-corrected chi connectivity index (χ1v) is 6.78. The minimum atomic E-state index is -4.00. The molecule has 0 heterocycles. The third-order valence-electron chi connectivity index (χ3n) is 2.22. The van der Waals surface area contributed by atoms with Crippen molar-refractivity contribution in [3.05, 3.63) is 23.2 Å². The fourth-order valence-corrected chi connectivity index (χ4v) is 2.20. The topological polar surface area (TPSA) is 92.7 Å². The van der Waals surface area contributed by atoms with Crippen LogP contribution >= 0.6 is 11.6 Å². The molecule has 2 N–H and O–H groups in total. The van der Waals surface area contributed by atoms with Gasteiger partial charge < -0.3 is 9.84 Å². The zero-order valence-corrected chi connectivity index (χ0v) is 11.2. The summed E-state index contributed by atoms with van der Waals surface area (Å²) in [5.74, 6) is -1.14. The number of rotatable bonds is 5. The van der Waals surface area contributed by atoms with E-state index in [1.165, 1.54) is 25.3 Å². The Balaban J connectivity index is 3.01. The minimum absolute atomic E-state index is 0.185. The Morgan fingerprint density at radius 2 is 2.11 bits per heavy atom. The highest BCUT2D eigenvalue weighted by molar-refractivity contribution is 7.94. The summed E-state index contributed by atoms with van der Waals surface area (Å²) >= 11 is 5.78. The summed E-state index contributed by atoms with van der Waals surface area (Å²) in [4.78, 5) is 10.6. The van der Waals surface area contributed by atoms with Crippen LogP contribution in [-0.4, -0.2) is 31.9 Å². The number of hydrogen-bond acceptors (Lipinski definition) is 4. The van der Waals surface area contributed by atoms with Crippen LogP contribution in [0.2, 0.25) is 5.02 Å². The largest absolute Gasteiger partial charge is 0.495 e. The zero-order chi connectivity index (χ0) is 13.9. The second-order valence-electron chi connectivity index (χ2n) is 3.48. The lowest BCUT2D eigenvalue weighted by atomic mass is 10.3. The average Bonchev–Trinajstić information content (AvgIpc) is 2.30. The van der Waals surface area contributed by atoms with Crippen LogP contribution in [0.5, 0.6) is 5.75 Å². The number of anilines is 1. The molecule has 0 saturated heterocycles. The lowest BCUT2D eigenvalue weighted by Gasteiger charge is -2.12. The Bertz CT molecular complexity index is 557. The molecule has 18 heavy (non-hydrogen) atoms. The molecule has 1 atom stereocenters. The van der Waals surface area contributed by atoms with Gasteiger partial charge >= 0.3 is 5.97 Å². The summed E-state index contributed by atoms with van der Waals surface area (Å²) in [5, 5.41) is 7.44. The molecule has 1 aromatic rings. The highest BCUT2D eigenvalue weighted by Gasteiger charge is 2.27. The van der Waals surface area contributed by atoms with Gasteiger partial charge in [-0.25, -0.2) is 8.42 Å². The Hall–Kier alpha value is -1.47. The maximum Gasteiger partial charge on any atom is 0.323 e. The van der Waals surface area contributed by atoms with E-state index < -0.39 is 21.2 Å². The van der Waals surface area contributed by atoms with Crippen LogP contribution in [0.4, 0.5) is 5.69 Å². The van der Waals surface area contributed by atoms with E-state index >= 15 is 0 Å². The van der Waals surface area contributed by atoms with E-state index in [1.807, 2.05) is 0 Å². The number of nitrogens with one attached hydrogen (secondary N) is 1. The fourth-order valence-electron chi connectivity index (χ4n) is 1.11. The number of ether oxygens (including phenoxy) is 1. The highest BCUT2D eigenvalue weighted by Crippen LogP contribution is 2.28. The van der Waals surface area contributed by atoms with E-state index in [4.69, 9.17) is 21.4 Å². The standard InChI is InChI=1S/C10H12ClNO5S/c1-6(10(13)14)18(15,16)12-7-3-4-8(11)9(5-7)17-2/h3-6,12H,1-2H3,(H,13,14). The number of hydrogen-bond donors (Lipinski definition) is 2. The molecule has 0 aliphatic heterocycles. The van der Waals surface area contributed by atoms with Crippen molar-refractivity contribution < 1.29 is 23.1 Å². The van der Waals surface area contributed by atoms with Gasteiger partial charge in [0.1, 0.15) is 5.75 Å². The van der Waals surface area contributed by atoms with Gasteiger partial charge in [0.15, 0.2) is 5.25 Å². The second-order valence-corrected chi connectivity index (χ2v) is 5.89. The molecule has 0 saturated carbocycles. The molecule has 1 aromatic carbocycles. The van der Waals surface area contributed by atoms with Gasteiger partial charge in [0, 0.05) is 6.07 Å². The second kappa shape index (κ2) is 5.45. The van der Waals surface area contributed by atoms with E-state index in [0.29, 0.717) is 10.8 Å². The van der Waals surface area contributed by atoms with Gasteiger partial charge in [-0.2, -0.15) is 0 Å². The van der Waals surface area contributed by atoms with E-state index in [1.54, 1.807) is 0 Å². The van der Waals surface area contributed by atoms with E-state index in [-0.39, 0.29) is 5.69 Å². The monoisotopic (exact) mass is 293 g/mol. The molecule has 0 spiro atoms. The summed E-state index contributed by atoms with van der Waals surface area (Å²) in [7, 11) is -2.61. The normalized spacial score (nSPS) is 12.8. The van der Waals surface area contributed by atoms with Crippen molar-refractivity contribution in [1.29, 1.82) is 0 Å². The number of sulfonamides is 1. The highest BCUT2D eigenvalue weighted by atomic mass is 35.5. The number of halogens is 1. The summed E-state index contributed by atoms with van der Waals surface area (Å²) in [5.41, 5.74) is 0.185. The Morgan fingerprint density at radius 3 is 2.61 bits per heavy atom. The van der Waals surface area contributed by atoms with Crippen LogP contribution in [0.3, 0.4) is 0 Å². The molecule has 0 aliphatic rings. The first-order chi connectivity index (χ1) is 8.27. The quantitative estimate of drug-likeness (QED) is 0.859. The van der Waals surface area contributed by atoms with E-state index in [9.17, 15) is 13.2 Å². The number of aliphatic carboxylic acids is 1. The molecular weight excluding hydrogens is 282 g/mol. The predicted octanol–water partition coefficient (Wildman–Crippen LogP) is 1.56. The van der Waals surface area contributed by atoms with Gasteiger partial charge in [-0.05, 0) is 19.1 Å². The predicted molar refractivity (Wildman–Crippen MR) is 67.6 cm³/mol. The van der Waals surface area contributed by atoms with Crippen molar-refractivity contribution in [2.45, 2.75) is 12.2 Å². The SMILES string of the molecule is COc1cc(NS(=O)(=O)C(C)C(=O)O)ccc1Cl. The molecule has 1 rings (SSSR count). The molecule has 0 bridgehead atoms. The number of carbonyl (C=O) groups is 1. The lowest BCUT2D eigenvalue weighted by Crippen LogP contribution is -2.32. The van der Waals surface area contributed by atoms with Crippen LogP contribution in [-0.2, 0) is 14.8 Å². The molecule has 6 nitrogen and oxygen atoms in total. The van der Waals surface area contributed by atoms with Gasteiger partial charge in [0.25, 0.3) is 0 Å². The Kier molecular flexibility index (Phi) is 4.42. The van der Waals surface area contributed by atoms with Crippen molar-refractivity contribution in [3.63, 3.8) is 0 Å². The first kappa shape index (κ1) is 14.6. The number of carboxylic acids is 1. The van der Waals surface area contributed by atoms with Crippen LogP contribution in [0.15, 0.2) is 18.2 Å². The molecular formula is C10H12ClNO5S. The molecule has 8 heteroatoms. The van der Waals surface area contributed by atoms with Gasteiger partial charge in [0.05, 0.1) is 17.8 Å². The minimum Gasteiger partial charge on any atom is -0.495 e. The molecule has 0 fully saturated rings. The number of carboxylic acid groups (broad SMARTS) is 1.